The standard InChI is InChI=1S/C20H19ClN6O2/c1-11(24-20-23-5-4-15(26-20)17-9-22-10-27(17)2)13-6-12-7-14(21)18(29-3)8-16(12)25-19(13)28/h4-11H,1-3H3,(H,25,28)(H,23,24,26)/t11-/m0/s1. The Morgan fingerprint density at radius 3 is 2.86 bits per heavy atom. The zero-order valence-corrected chi connectivity index (χ0v) is 16.9. The fourth-order valence-electron chi connectivity index (χ4n) is 3.15. The molecule has 0 saturated carbocycles. The molecule has 0 amide bonds. The molecular weight excluding hydrogens is 392 g/mol. The first-order chi connectivity index (χ1) is 14.0. The Morgan fingerprint density at radius 1 is 1.31 bits per heavy atom. The van der Waals surface area contributed by atoms with E-state index in [9.17, 15) is 4.79 Å². The van der Waals surface area contributed by atoms with Crippen LogP contribution in [0.25, 0.3) is 22.3 Å². The van der Waals surface area contributed by atoms with Crippen LogP contribution in [0.4, 0.5) is 5.95 Å². The number of methoxy groups -OCH3 is 1. The van der Waals surface area contributed by atoms with Crippen molar-refractivity contribution < 1.29 is 4.74 Å². The molecule has 4 aromatic rings. The molecule has 1 atom stereocenters. The van der Waals surface area contributed by atoms with Gasteiger partial charge in [0.15, 0.2) is 0 Å². The van der Waals surface area contributed by atoms with Crippen LogP contribution in [0, 0.1) is 0 Å². The molecule has 4 rings (SSSR count). The summed E-state index contributed by atoms with van der Waals surface area (Å²) in [6, 6.07) is 6.77. The first-order valence-electron chi connectivity index (χ1n) is 8.93. The molecule has 0 aliphatic heterocycles. The van der Waals surface area contributed by atoms with Gasteiger partial charge in [0.1, 0.15) is 5.75 Å². The number of aromatic amines is 1. The van der Waals surface area contributed by atoms with Crippen LogP contribution in [0.2, 0.25) is 5.02 Å². The number of ether oxygens (including phenoxy) is 1. The van der Waals surface area contributed by atoms with E-state index in [-0.39, 0.29) is 11.6 Å². The minimum atomic E-state index is -0.328. The van der Waals surface area contributed by atoms with Gasteiger partial charge in [0.25, 0.3) is 5.56 Å². The summed E-state index contributed by atoms with van der Waals surface area (Å²) in [6.07, 6.45) is 5.12. The Labute approximate surface area is 171 Å². The molecule has 2 N–H and O–H groups in total. The van der Waals surface area contributed by atoms with Crippen LogP contribution >= 0.6 is 11.6 Å². The van der Waals surface area contributed by atoms with Crippen molar-refractivity contribution in [3.8, 4) is 17.1 Å². The predicted molar refractivity (Wildman–Crippen MR) is 112 cm³/mol. The smallest absolute Gasteiger partial charge is 0.253 e. The van der Waals surface area contributed by atoms with Gasteiger partial charge in [-0.2, -0.15) is 0 Å². The van der Waals surface area contributed by atoms with Crippen LogP contribution in [0.1, 0.15) is 18.5 Å². The summed E-state index contributed by atoms with van der Waals surface area (Å²) in [7, 11) is 3.43. The average molecular weight is 411 g/mol. The van der Waals surface area contributed by atoms with Gasteiger partial charge in [0.05, 0.1) is 47.6 Å². The lowest BCUT2D eigenvalue weighted by molar-refractivity contribution is 0.415. The van der Waals surface area contributed by atoms with Crippen LogP contribution in [-0.4, -0.2) is 31.6 Å². The van der Waals surface area contributed by atoms with Gasteiger partial charge < -0.3 is 19.6 Å². The highest BCUT2D eigenvalue weighted by Crippen LogP contribution is 2.29. The molecule has 0 saturated heterocycles. The maximum absolute atomic E-state index is 12.6. The van der Waals surface area contributed by atoms with Crippen LogP contribution in [0.3, 0.4) is 0 Å². The van der Waals surface area contributed by atoms with Gasteiger partial charge >= 0.3 is 0 Å². The molecular formula is C20H19ClN6O2. The third-order valence-corrected chi connectivity index (χ3v) is 4.99. The predicted octanol–water partition coefficient (Wildman–Crippen LogP) is 3.55. The number of fused-ring (bicyclic) bond motifs is 1. The summed E-state index contributed by atoms with van der Waals surface area (Å²) in [5.41, 5.74) is 2.61. The van der Waals surface area contributed by atoms with E-state index < -0.39 is 0 Å². The highest BCUT2D eigenvalue weighted by Gasteiger charge is 2.15. The second-order valence-electron chi connectivity index (χ2n) is 6.65. The molecule has 0 aliphatic rings. The van der Waals surface area contributed by atoms with Gasteiger partial charge in [0, 0.05) is 30.3 Å². The number of H-pyrrole nitrogens is 1. The van der Waals surface area contributed by atoms with Crippen molar-refractivity contribution in [3.05, 3.63) is 63.9 Å². The highest BCUT2D eigenvalue weighted by molar-refractivity contribution is 6.32. The van der Waals surface area contributed by atoms with Crippen molar-refractivity contribution in [2.24, 2.45) is 7.05 Å². The minimum absolute atomic E-state index is 0.204. The van der Waals surface area contributed by atoms with E-state index >= 15 is 0 Å². The Balaban J connectivity index is 1.66. The first-order valence-corrected chi connectivity index (χ1v) is 9.31. The molecule has 0 unspecified atom stereocenters. The van der Waals surface area contributed by atoms with Crippen molar-refractivity contribution in [2.75, 3.05) is 12.4 Å². The van der Waals surface area contributed by atoms with Crippen LogP contribution in [-0.2, 0) is 7.05 Å². The van der Waals surface area contributed by atoms with Crippen molar-refractivity contribution in [3.63, 3.8) is 0 Å². The molecule has 29 heavy (non-hydrogen) atoms. The largest absolute Gasteiger partial charge is 0.495 e. The number of pyridine rings is 1. The van der Waals surface area contributed by atoms with Crippen molar-refractivity contribution in [1.82, 2.24) is 24.5 Å². The first kappa shape index (κ1) is 18.9. The maximum Gasteiger partial charge on any atom is 0.253 e. The number of imidazole rings is 1. The van der Waals surface area contributed by atoms with Gasteiger partial charge in [0.2, 0.25) is 5.95 Å². The van der Waals surface area contributed by atoms with Crippen LogP contribution < -0.4 is 15.6 Å². The fourth-order valence-corrected chi connectivity index (χ4v) is 3.40. The summed E-state index contributed by atoms with van der Waals surface area (Å²) in [6.45, 7) is 1.88. The van der Waals surface area contributed by atoms with Crippen molar-refractivity contribution in [2.45, 2.75) is 13.0 Å². The summed E-state index contributed by atoms with van der Waals surface area (Å²) >= 11 is 6.22. The SMILES string of the molecule is COc1cc2[nH]c(=O)c([C@H](C)Nc3nccc(-c4cncn4C)n3)cc2cc1Cl. The molecule has 3 heterocycles. The Bertz CT molecular complexity index is 1250. The quantitative estimate of drug-likeness (QED) is 0.522. The third kappa shape index (κ3) is 3.66. The second kappa shape index (κ2) is 7.56. The van der Waals surface area contributed by atoms with E-state index in [1.165, 1.54) is 7.11 Å². The molecule has 8 nitrogen and oxygen atoms in total. The monoisotopic (exact) mass is 410 g/mol. The number of benzene rings is 1. The van der Waals surface area contributed by atoms with E-state index in [1.807, 2.05) is 30.7 Å². The van der Waals surface area contributed by atoms with Crippen LogP contribution in [0.15, 0.2) is 47.8 Å². The van der Waals surface area contributed by atoms with Gasteiger partial charge in [-0.15, -0.1) is 0 Å². The molecule has 3 aromatic heterocycles. The van der Waals surface area contributed by atoms with E-state index in [0.717, 1.165) is 16.8 Å². The molecule has 148 valence electrons. The summed E-state index contributed by atoms with van der Waals surface area (Å²) in [5.74, 6) is 0.928. The number of aromatic nitrogens is 5. The van der Waals surface area contributed by atoms with Gasteiger partial charge in [-0.3, -0.25) is 4.79 Å². The van der Waals surface area contributed by atoms with Gasteiger partial charge in [-0.25, -0.2) is 15.0 Å². The van der Waals surface area contributed by atoms with E-state index in [4.69, 9.17) is 16.3 Å². The summed E-state index contributed by atoms with van der Waals surface area (Å²) < 4.78 is 7.09. The normalized spacial score (nSPS) is 12.1. The molecule has 0 aliphatic carbocycles. The van der Waals surface area contributed by atoms with Gasteiger partial charge in [-0.05, 0) is 25.1 Å². The Hall–Kier alpha value is -3.39. The highest BCUT2D eigenvalue weighted by atomic mass is 35.5. The Kier molecular flexibility index (Phi) is 4.94. The zero-order valence-electron chi connectivity index (χ0n) is 16.1. The molecule has 9 heteroatoms. The van der Waals surface area contributed by atoms with E-state index in [0.29, 0.717) is 27.8 Å². The molecule has 0 radical (unpaired) electrons. The number of nitrogens with zero attached hydrogens (tertiary/aromatic N) is 4. The average Bonchev–Trinajstić information content (AvgIpc) is 3.13. The number of nitrogens with one attached hydrogen (secondary N) is 2. The third-order valence-electron chi connectivity index (χ3n) is 4.69. The summed E-state index contributed by atoms with van der Waals surface area (Å²) in [4.78, 5) is 28.4. The van der Waals surface area contributed by atoms with E-state index in [1.54, 1.807) is 30.9 Å². The fraction of sp³-hybridized carbons (Fsp3) is 0.200. The molecule has 0 spiro atoms. The minimum Gasteiger partial charge on any atom is -0.495 e. The molecule has 0 bridgehead atoms. The topological polar surface area (TPSA) is 97.7 Å². The lowest BCUT2D eigenvalue weighted by Crippen LogP contribution is -2.20. The number of halogens is 1. The Morgan fingerprint density at radius 2 is 2.14 bits per heavy atom. The van der Waals surface area contributed by atoms with E-state index in [2.05, 4.69) is 25.3 Å². The van der Waals surface area contributed by atoms with Crippen molar-refractivity contribution >= 4 is 28.5 Å². The number of aryl methyl sites for hydroxylation is 1. The number of rotatable bonds is 5. The second-order valence-corrected chi connectivity index (χ2v) is 7.06. The molecule has 0 fully saturated rings. The lowest BCUT2D eigenvalue weighted by atomic mass is 10.1. The number of hydrogen-bond donors (Lipinski definition) is 2. The zero-order chi connectivity index (χ0) is 20.5. The summed E-state index contributed by atoms with van der Waals surface area (Å²) in [5, 5.41) is 4.48. The van der Waals surface area contributed by atoms with Gasteiger partial charge in [-0.1, -0.05) is 11.6 Å². The number of anilines is 1. The maximum atomic E-state index is 12.6. The number of hydrogen-bond acceptors (Lipinski definition) is 6. The molecule has 1 aromatic carbocycles. The lowest BCUT2D eigenvalue weighted by Gasteiger charge is -2.15. The van der Waals surface area contributed by atoms with Crippen LogP contribution in [0.5, 0.6) is 5.75 Å². The van der Waals surface area contributed by atoms with Crippen molar-refractivity contribution in [1.29, 1.82) is 0 Å².